The molecule has 3 aromatic carbocycles. The maximum absolute atomic E-state index is 13.5. The third-order valence-electron chi connectivity index (χ3n) is 5.21. The van der Waals surface area contributed by atoms with Gasteiger partial charge in [-0.3, -0.25) is 9.59 Å². The van der Waals surface area contributed by atoms with Crippen molar-refractivity contribution in [1.82, 2.24) is 10.2 Å². The number of benzene rings is 3. The molecular formula is C28H30Cl2N2O3. The lowest BCUT2D eigenvalue weighted by atomic mass is 10.0. The van der Waals surface area contributed by atoms with Crippen molar-refractivity contribution in [2.75, 3.05) is 6.61 Å². The van der Waals surface area contributed by atoms with E-state index in [0.717, 1.165) is 11.1 Å². The number of amides is 2. The van der Waals surface area contributed by atoms with Crippen LogP contribution in [0.3, 0.4) is 0 Å². The number of ether oxygens (including phenoxy) is 1. The van der Waals surface area contributed by atoms with Crippen LogP contribution in [-0.2, 0) is 22.6 Å². The molecule has 0 fully saturated rings. The molecule has 35 heavy (non-hydrogen) atoms. The lowest BCUT2D eigenvalue weighted by molar-refractivity contribution is -0.143. The Kier molecular flexibility index (Phi) is 9.19. The quantitative estimate of drug-likeness (QED) is 0.386. The van der Waals surface area contributed by atoms with Gasteiger partial charge in [0.15, 0.2) is 6.61 Å². The van der Waals surface area contributed by atoms with E-state index >= 15 is 0 Å². The highest BCUT2D eigenvalue weighted by atomic mass is 35.5. The fraction of sp³-hybridized carbons (Fsp3) is 0.286. The molecule has 0 heterocycles. The molecular weight excluding hydrogens is 483 g/mol. The predicted molar refractivity (Wildman–Crippen MR) is 141 cm³/mol. The van der Waals surface area contributed by atoms with Gasteiger partial charge < -0.3 is 15.0 Å². The Bertz CT molecular complexity index is 1130. The number of nitrogens with zero attached hydrogens (tertiary/aromatic N) is 1. The molecule has 3 rings (SSSR count). The van der Waals surface area contributed by atoms with Crippen LogP contribution in [0.25, 0.3) is 0 Å². The Balaban J connectivity index is 1.94. The molecule has 0 aliphatic heterocycles. The Morgan fingerprint density at radius 3 is 2.11 bits per heavy atom. The number of hydrogen-bond acceptors (Lipinski definition) is 3. The van der Waals surface area contributed by atoms with Crippen LogP contribution in [0.4, 0.5) is 0 Å². The van der Waals surface area contributed by atoms with E-state index in [-0.39, 0.29) is 25.0 Å². The van der Waals surface area contributed by atoms with Gasteiger partial charge in [-0.25, -0.2) is 0 Å². The van der Waals surface area contributed by atoms with Gasteiger partial charge >= 0.3 is 0 Å². The van der Waals surface area contributed by atoms with Gasteiger partial charge in [0.05, 0.1) is 10.0 Å². The molecule has 2 amide bonds. The highest BCUT2D eigenvalue weighted by Gasteiger charge is 2.32. The van der Waals surface area contributed by atoms with Crippen LogP contribution in [0, 0.1) is 0 Å². The second kappa shape index (κ2) is 12.1. The van der Waals surface area contributed by atoms with E-state index in [4.69, 9.17) is 27.9 Å². The second-order valence-corrected chi connectivity index (χ2v) is 10.1. The number of hydrogen-bond donors (Lipinski definition) is 1. The summed E-state index contributed by atoms with van der Waals surface area (Å²) in [5, 5.41) is 3.84. The number of nitrogens with one attached hydrogen (secondary N) is 1. The number of carbonyl (C=O) groups is 2. The van der Waals surface area contributed by atoms with E-state index in [1.165, 1.54) is 0 Å². The third-order valence-corrected chi connectivity index (χ3v) is 5.95. The molecule has 0 saturated carbocycles. The fourth-order valence-corrected chi connectivity index (χ4v) is 3.91. The maximum atomic E-state index is 13.5. The van der Waals surface area contributed by atoms with Crippen molar-refractivity contribution in [3.8, 4) is 5.75 Å². The molecule has 1 N–H and O–H groups in total. The van der Waals surface area contributed by atoms with Crippen LogP contribution in [-0.4, -0.2) is 34.9 Å². The minimum Gasteiger partial charge on any atom is -0.484 e. The molecule has 1 atom stereocenters. The van der Waals surface area contributed by atoms with Gasteiger partial charge in [-0.15, -0.1) is 0 Å². The van der Waals surface area contributed by atoms with Crippen LogP contribution in [0.1, 0.15) is 31.9 Å². The van der Waals surface area contributed by atoms with Crippen LogP contribution < -0.4 is 10.1 Å². The summed E-state index contributed by atoms with van der Waals surface area (Å²) in [6.45, 7) is 5.69. The number of halogens is 2. The lowest BCUT2D eigenvalue weighted by Crippen LogP contribution is -2.55. The summed E-state index contributed by atoms with van der Waals surface area (Å²) >= 11 is 12.3. The zero-order valence-electron chi connectivity index (χ0n) is 20.1. The summed E-state index contributed by atoms with van der Waals surface area (Å²) in [6.07, 6.45) is 0.348. The smallest absolute Gasteiger partial charge is 0.261 e. The van der Waals surface area contributed by atoms with Gasteiger partial charge in [-0.2, -0.15) is 0 Å². The van der Waals surface area contributed by atoms with Crippen LogP contribution in [0.5, 0.6) is 5.75 Å². The van der Waals surface area contributed by atoms with Gasteiger partial charge in [0.1, 0.15) is 11.8 Å². The number of para-hydroxylation sites is 1. The summed E-state index contributed by atoms with van der Waals surface area (Å²) < 4.78 is 5.74. The minimum absolute atomic E-state index is 0.170. The molecule has 0 bridgehead atoms. The van der Waals surface area contributed by atoms with Crippen molar-refractivity contribution in [2.45, 2.75) is 45.3 Å². The molecule has 0 radical (unpaired) electrons. The summed E-state index contributed by atoms with van der Waals surface area (Å²) in [7, 11) is 0. The molecule has 3 aromatic rings. The monoisotopic (exact) mass is 512 g/mol. The SMILES string of the molecule is CC(C)(C)NC(=O)[C@H](Cc1ccccc1)N(Cc1ccc(Cl)c(Cl)c1)C(=O)COc1ccccc1. The fourth-order valence-electron chi connectivity index (χ4n) is 3.59. The van der Waals surface area contributed by atoms with Crippen molar-refractivity contribution in [1.29, 1.82) is 0 Å². The summed E-state index contributed by atoms with van der Waals surface area (Å²) in [4.78, 5) is 28.6. The Morgan fingerprint density at radius 1 is 0.886 bits per heavy atom. The molecule has 0 aromatic heterocycles. The van der Waals surface area contributed by atoms with Crippen molar-refractivity contribution < 1.29 is 14.3 Å². The van der Waals surface area contributed by atoms with Crippen molar-refractivity contribution in [2.24, 2.45) is 0 Å². The van der Waals surface area contributed by atoms with Crippen molar-refractivity contribution in [3.05, 3.63) is 100 Å². The minimum atomic E-state index is -0.766. The van der Waals surface area contributed by atoms with E-state index in [0.29, 0.717) is 22.2 Å². The first-order chi connectivity index (χ1) is 16.6. The number of carbonyl (C=O) groups excluding carboxylic acids is 2. The molecule has 0 aliphatic carbocycles. The van der Waals surface area contributed by atoms with Gasteiger partial charge in [0.2, 0.25) is 5.91 Å². The first-order valence-corrected chi connectivity index (χ1v) is 12.1. The van der Waals surface area contributed by atoms with E-state index in [2.05, 4.69) is 5.32 Å². The van der Waals surface area contributed by atoms with Gasteiger partial charge in [-0.1, -0.05) is 77.8 Å². The Hall–Kier alpha value is -3.02. The first kappa shape index (κ1) is 26.6. The van der Waals surface area contributed by atoms with Crippen molar-refractivity contribution in [3.63, 3.8) is 0 Å². The second-order valence-electron chi connectivity index (χ2n) is 9.32. The molecule has 0 aliphatic rings. The zero-order chi connectivity index (χ0) is 25.4. The summed E-state index contributed by atoms with van der Waals surface area (Å²) in [6, 6.07) is 23.2. The summed E-state index contributed by atoms with van der Waals surface area (Å²) in [5.41, 5.74) is 1.23. The molecule has 0 saturated heterocycles. The highest BCUT2D eigenvalue weighted by Crippen LogP contribution is 2.24. The van der Waals surface area contributed by atoms with E-state index in [9.17, 15) is 9.59 Å². The van der Waals surface area contributed by atoms with Gasteiger partial charge in [0, 0.05) is 18.5 Å². The normalized spacial score (nSPS) is 12.0. The molecule has 5 nitrogen and oxygen atoms in total. The molecule has 184 valence electrons. The highest BCUT2D eigenvalue weighted by molar-refractivity contribution is 6.42. The molecule has 0 spiro atoms. The zero-order valence-corrected chi connectivity index (χ0v) is 21.6. The van der Waals surface area contributed by atoms with Crippen LogP contribution in [0.15, 0.2) is 78.9 Å². The molecule has 7 heteroatoms. The Morgan fingerprint density at radius 2 is 1.51 bits per heavy atom. The van der Waals surface area contributed by atoms with E-state index in [1.807, 2.05) is 69.3 Å². The maximum Gasteiger partial charge on any atom is 0.261 e. The summed E-state index contributed by atoms with van der Waals surface area (Å²) in [5.74, 6) is 0.0217. The van der Waals surface area contributed by atoms with Gasteiger partial charge in [-0.05, 0) is 56.2 Å². The van der Waals surface area contributed by atoms with Gasteiger partial charge in [0.25, 0.3) is 5.91 Å². The van der Waals surface area contributed by atoms with Crippen molar-refractivity contribution >= 4 is 35.0 Å². The average Bonchev–Trinajstić information content (AvgIpc) is 2.82. The molecule has 0 unspecified atom stereocenters. The third kappa shape index (κ3) is 8.30. The number of rotatable bonds is 9. The lowest BCUT2D eigenvalue weighted by Gasteiger charge is -2.33. The average molecular weight is 513 g/mol. The topological polar surface area (TPSA) is 58.6 Å². The predicted octanol–water partition coefficient (Wildman–Crippen LogP) is 5.93. The largest absolute Gasteiger partial charge is 0.484 e. The van der Waals surface area contributed by atoms with Crippen LogP contribution >= 0.6 is 23.2 Å². The first-order valence-electron chi connectivity index (χ1n) is 11.4. The van der Waals surface area contributed by atoms with Crippen LogP contribution in [0.2, 0.25) is 10.0 Å². The van der Waals surface area contributed by atoms with E-state index in [1.54, 1.807) is 35.2 Å². The Labute approximate surface area is 217 Å². The van der Waals surface area contributed by atoms with E-state index < -0.39 is 11.6 Å². The standard InChI is InChI=1S/C28H30Cl2N2O3/c1-28(2,3)31-27(34)25(17-20-10-6-4-7-11-20)32(18-21-14-15-23(29)24(30)16-21)26(33)19-35-22-12-8-5-9-13-22/h4-16,25H,17-19H2,1-3H3,(H,31,34)/t25-/m0/s1.